The molecule has 0 aliphatic rings. The van der Waals surface area contributed by atoms with E-state index in [1.165, 1.54) is 5.56 Å². The van der Waals surface area contributed by atoms with E-state index < -0.39 is 0 Å². The monoisotopic (exact) mass is 264 g/mol. The normalized spacial score (nSPS) is 9.93. The Morgan fingerprint density at radius 2 is 2.07 bits per heavy atom. The van der Waals surface area contributed by atoms with Crippen molar-refractivity contribution in [2.45, 2.75) is 6.61 Å². The van der Waals surface area contributed by atoms with Crippen LogP contribution in [0.2, 0.25) is 0 Å². The molecule has 0 bridgehead atoms. The van der Waals surface area contributed by atoms with Gasteiger partial charge in [-0.15, -0.1) is 0 Å². The molecule has 1 rings (SSSR count). The van der Waals surface area contributed by atoms with Crippen molar-refractivity contribution >= 4 is 15.9 Å². The molecule has 0 spiro atoms. The van der Waals surface area contributed by atoms with Crippen LogP contribution >= 0.6 is 15.9 Å². The fourth-order valence-corrected chi connectivity index (χ4v) is 1.19. The van der Waals surface area contributed by atoms with Gasteiger partial charge in [0.1, 0.15) is 6.61 Å². The van der Waals surface area contributed by atoms with Crippen LogP contribution in [0.1, 0.15) is 5.56 Å². The Kier molecular flexibility index (Phi) is 6.64. The van der Waals surface area contributed by atoms with Crippen molar-refractivity contribution < 1.29 is 4.74 Å². The van der Waals surface area contributed by atoms with Crippen molar-refractivity contribution in [3.63, 3.8) is 0 Å². The van der Waals surface area contributed by atoms with Gasteiger partial charge in [-0.25, -0.2) is 0 Å². The number of ether oxygens (including phenoxy) is 1. The highest BCUT2D eigenvalue weighted by Gasteiger charge is 1.88. The number of hydrogen-bond acceptors (Lipinski definition) is 1. The number of allylic oxidation sites excluding steroid dienone is 2. The summed E-state index contributed by atoms with van der Waals surface area (Å²) in [6.45, 7) is 1.10. The van der Waals surface area contributed by atoms with Crippen LogP contribution in [-0.2, 0) is 11.3 Å². The molecule has 2 heteroatoms. The highest BCUT2D eigenvalue weighted by Crippen LogP contribution is 1.99. The molecule has 1 nitrogen and oxygen atoms in total. The lowest BCUT2D eigenvalue weighted by Gasteiger charge is -1.98. The number of benzene rings is 1. The second-order valence-corrected chi connectivity index (χ2v) is 3.50. The Bertz CT molecular complexity index is 346. The molecular weight excluding hydrogens is 252 g/mol. The number of halogens is 1. The lowest BCUT2D eigenvalue weighted by Crippen LogP contribution is -1.92. The maximum atomic E-state index is 5.38. The van der Waals surface area contributed by atoms with E-state index in [0.29, 0.717) is 13.2 Å². The summed E-state index contributed by atoms with van der Waals surface area (Å²) < 4.78 is 5.38. The average Bonchev–Trinajstić information content (AvgIpc) is 2.29. The average molecular weight is 265 g/mol. The summed E-state index contributed by atoms with van der Waals surface area (Å²) in [6, 6.07) is 10.1. The molecule has 1 aromatic rings. The molecule has 0 unspecified atom stereocenters. The number of hydrogen-bond donors (Lipinski definition) is 0. The smallest absolute Gasteiger partial charge is 0.108 e. The molecule has 15 heavy (non-hydrogen) atoms. The Labute approximate surface area is 99.3 Å². The summed E-state index contributed by atoms with van der Waals surface area (Å²) in [4.78, 5) is 0. The van der Waals surface area contributed by atoms with Crippen LogP contribution < -0.4 is 0 Å². The van der Waals surface area contributed by atoms with Crippen molar-refractivity contribution in [3.05, 3.63) is 48.0 Å². The van der Waals surface area contributed by atoms with E-state index in [0.717, 1.165) is 5.33 Å². The molecule has 0 saturated heterocycles. The topological polar surface area (TPSA) is 9.23 Å². The summed E-state index contributed by atoms with van der Waals surface area (Å²) in [5.74, 6) is 5.80. The molecular formula is C13H13BrO. The maximum Gasteiger partial charge on any atom is 0.108 e. The standard InChI is InChI=1S/C13H13BrO/c14-10-6-1-2-7-11-15-12-13-8-4-3-5-9-13/h1,3-6,8-9H,10-12H2/b6-1+. The zero-order chi connectivity index (χ0) is 10.8. The van der Waals surface area contributed by atoms with Gasteiger partial charge in [0, 0.05) is 5.33 Å². The fourth-order valence-electron chi connectivity index (χ4n) is 0.998. The molecule has 0 radical (unpaired) electrons. The van der Waals surface area contributed by atoms with Crippen molar-refractivity contribution in [3.8, 4) is 11.8 Å². The Hall–Kier alpha value is -1.04. The lowest BCUT2D eigenvalue weighted by atomic mass is 10.2. The van der Waals surface area contributed by atoms with E-state index in [2.05, 4.69) is 27.8 Å². The predicted octanol–water partition coefficient (Wildman–Crippen LogP) is 3.16. The van der Waals surface area contributed by atoms with E-state index in [9.17, 15) is 0 Å². The minimum atomic E-state index is 0.474. The first kappa shape index (κ1) is 12.0. The zero-order valence-electron chi connectivity index (χ0n) is 8.45. The first-order valence-electron chi connectivity index (χ1n) is 4.74. The van der Waals surface area contributed by atoms with Gasteiger partial charge in [-0.05, 0) is 11.6 Å². The second-order valence-electron chi connectivity index (χ2n) is 2.86. The molecule has 0 saturated carbocycles. The number of alkyl halides is 1. The van der Waals surface area contributed by atoms with Crippen LogP contribution in [0.3, 0.4) is 0 Å². The van der Waals surface area contributed by atoms with Gasteiger partial charge in [-0.1, -0.05) is 64.2 Å². The lowest BCUT2D eigenvalue weighted by molar-refractivity contribution is 0.153. The third kappa shape index (κ3) is 6.11. The van der Waals surface area contributed by atoms with Gasteiger partial charge in [0.05, 0.1) is 6.61 Å². The van der Waals surface area contributed by atoms with Gasteiger partial charge in [-0.2, -0.15) is 0 Å². The number of rotatable bonds is 4. The van der Waals surface area contributed by atoms with Crippen LogP contribution in [0.15, 0.2) is 42.5 Å². The van der Waals surface area contributed by atoms with E-state index in [-0.39, 0.29) is 0 Å². The highest BCUT2D eigenvalue weighted by atomic mass is 79.9. The molecule has 0 aliphatic heterocycles. The largest absolute Gasteiger partial charge is 0.364 e. The second kappa shape index (κ2) is 8.28. The molecule has 0 amide bonds. The molecule has 1 aromatic carbocycles. The van der Waals surface area contributed by atoms with Gasteiger partial charge >= 0.3 is 0 Å². The van der Waals surface area contributed by atoms with Crippen molar-refractivity contribution in [1.82, 2.24) is 0 Å². The molecule has 0 N–H and O–H groups in total. The summed E-state index contributed by atoms with van der Waals surface area (Å²) >= 11 is 3.28. The van der Waals surface area contributed by atoms with E-state index in [1.807, 2.05) is 42.5 Å². The fraction of sp³-hybridized carbons (Fsp3) is 0.231. The van der Waals surface area contributed by atoms with Crippen LogP contribution in [-0.4, -0.2) is 11.9 Å². The van der Waals surface area contributed by atoms with Gasteiger partial charge in [-0.3, -0.25) is 0 Å². The minimum Gasteiger partial charge on any atom is -0.364 e. The van der Waals surface area contributed by atoms with Crippen LogP contribution in [0.25, 0.3) is 0 Å². The van der Waals surface area contributed by atoms with Gasteiger partial charge in [0.2, 0.25) is 0 Å². The highest BCUT2D eigenvalue weighted by molar-refractivity contribution is 9.09. The first-order chi connectivity index (χ1) is 7.43. The van der Waals surface area contributed by atoms with Crippen LogP contribution in [0, 0.1) is 11.8 Å². The molecule has 0 heterocycles. The predicted molar refractivity (Wildman–Crippen MR) is 66.8 cm³/mol. The van der Waals surface area contributed by atoms with Gasteiger partial charge in [0.25, 0.3) is 0 Å². The summed E-state index contributed by atoms with van der Waals surface area (Å²) in [5.41, 5.74) is 1.18. The first-order valence-corrected chi connectivity index (χ1v) is 5.86. The van der Waals surface area contributed by atoms with Crippen molar-refractivity contribution in [2.75, 3.05) is 11.9 Å². The molecule has 0 atom stereocenters. The van der Waals surface area contributed by atoms with Crippen LogP contribution in [0.5, 0.6) is 0 Å². The van der Waals surface area contributed by atoms with E-state index in [4.69, 9.17) is 4.74 Å². The summed E-state index contributed by atoms with van der Waals surface area (Å²) in [5, 5.41) is 0.840. The van der Waals surface area contributed by atoms with Crippen molar-refractivity contribution in [2.24, 2.45) is 0 Å². The Morgan fingerprint density at radius 3 is 2.80 bits per heavy atom. The zero-order valence-corrected chi connectivity index (χ0v) is 10.0. The third-order valence-corrected chi connectivity index (χ3v) is 2.05. The molecule has 0 aliphatic carbocycles. The summed E-state index contributed by atoms with van der Waals surface area (Å²) in [7, 11) is 0. The van der Waals surface area contributed by atoms with Gasteiger partial charge < -0.3 is 4.74 Å². The molecule has 0 fully saturated rings. The van der Waals surface area contributed by atoms with E-state index in [1.54, 1.807) is 0 Å². The maximum absolute atomic E-state index is 5.38. The van der Waals surface area contributed by atoms with E-state index >= 15 is 0 Å². The Balaban J connectivity index is 2.16. The quantitative estimate of drug-likeness (QED) is 0.461. The SMILES string of the molecule is BrC/C=C/C#CCOCc1ccccc1. The summed E-state index contributed by atoms with van der Waals surface area (Å²) in [6.07, 6.45) is 3.77. The molecule has 78 valence electrons. The third-order valence-electron chi connectivity index (χ3n) is 1.68. The minimum absolute atomic E-state index is 0.474. The van der Waals surface area contributed by atoms with Gasteiger partial charge in [0.15, 0.2) is 0 Å². The van der Waals surface area contributed by atoms with Crippen molar-refractivity contribution in [1.29, 1.82) is 0 Å². The Morgan fingerprint density at radius 1 is 1.27 bits per heavy atom. The van der Waals surface area contributed by atoms with Crippen LogP contribution in [0.4, 0.5) is 0 Å². The molecule has 0 aromatic heterocycles.